The van der Waals surface area contributed by atoms with Gasteiger partial charge in [0, 0.05) is 6.20 Å². The van der Waals surface area contributed by atoms with E-state index < -0.39 is 0 Å². The smallest absolute Gasteiger partial charge is 0.278 e. The van der Waals surface area contributed by atoms with Crippen molar-refractivity contribution in [3.63, 3.8) is 0 Å². The van der Waals surface area contributed by atoms with Gasteiger partial charge in [0.1, 0.15) is 18.1 Å². The highest BCUT2D eigenvalue weighted by Crippen LogP contribution is 2.19. The number of aryl methyl sites for hydroxylation is 2. The van der Waals surface area contributed by atoms with Crippen molar-refractivity contribution in [2.24, 2.45) is 0 Å². The van der Waals surface area contributed by atoms with Gasteiger partial charge in [-0.3, -0.25) is 9.48 Å². The lowest BCUT2D eigenvalue weighted by molar-refractivity contribution is 0.101. The van der Waals surface area contributed by atoms with Gasteiger partial charge in [-0.1, -0.05) is 47.6 Å². The first-order chi connectivity index (χ1) is 14.6. The number of nitrogens with zero attached hydrogens (tertiary/aromatic N) is 3. The van der Waals surface area contributed by atoms with Gasteiger partial charge in [-0.2, -0.15) is 5.10 Å². The number of para-hydroxylation sites is 1. The molecular weight excluding hydrogens is 380 g/mol. The van der Waals surface area contributed by atoms with Crippen LogP contribution in [0, 0.1) is 13.8 Å². The van der Waals surface area contributed by atoms with Crippen LogP contribution in [0.5, 0.6) is 5.75 Å². The van der Waals surface area contributed by atoms with Crippen molar-refractivity contribution in [3.05, 3.63) is 95.1 Å². The van der Waals surface area contributed by atoms with Crippen LogP contribution in [0.3, 0.4) is 0 Å². The van der Waals surface area contributed by atoms with E-state index in [1.165, 1.54) is 11.1 Å². The molecule has 4 rings (SSSR count). The van der Waals surface area contributed by atoms with Gasteiger partial charge in [-0.15, -0.1) is 0 Å². The number of ether oxygens (including phenoxy) is 1. The molecule has 0 saturated carbocycles. The Kier molecular flexibility index (Phi) is 5.61. The minimum Gasteiger partial charge on any atom is -0.489 e. The molecule has 0 unspecified atom stereocenters. The molecule has 0 atom stereocenters. The summed E-state index contributed by atoms with van der Waals surface area (Å²) in [4.78, 5) is 12.8. The van der Waals surface area contributed by atoms with Crippen LogP contribution in [-0.2, 0) is 13.2 Å². The normalized spacial score (nSPS) is 10.7. The average molecular weight is 402 g/mol. The number of rotatable bonds is 7. The van der Waals surface area contributed by atoms with Crippen molar-refractivity contribution in [2.45, 2.75) is 27.0 Å². The zero-order valence-corrected chi connectivity index (χ0v) is 16.8. The molecule has 0 aliphatic rings. The number of carbonyl (C=O) groups excluding carboxylic acids is 1. The number of amides is 1. The molecule has 7 heteroatoms. The summed E-state index contributed by atoms with van der Waals surface area (Å²) in [6.07, 6.45) is 3.40. The molecule has 1 N–H and O–H groups in total. The Morgan fingerprint density at radius 2 is 1.87 bits per heavy atom. The molecule has 0 saturated heterocycles. The Hall–Kier alpha value is -3.87. The second-order valence-corrected chi connectivity index (χ2v) is 6.97. The highest BCUT2D eigenvalue weighted by Gasteiger charge is 2.21. The van der Waals surface area contributed by atoms with E-state index in [0.717, 1.165) is 0 Å². The first-order valence-corrected chi connectivity index (χ1v) is 9.61. The molecule has 0 aliphatic heterocycles. The van der Waals surface area contributed by atoms with E-state index in [-0.39, 0.29) is 18.2 Å². The average Bonchev–Trinajstić information content (AvgIpc) is 3.35. The number of aromatic nitrogens is 3. The van der Waals surface area contributed by atoms with Crippen LogP contribution in [0.4, 0.5) is 5.69 Å². The maximum absolute atomic E-state index is 12.8. The van der Waals surface area contributed by atoms with Crippen LogP contribution >= 0.6 is 0 Å². The Bertz CT molecular complexity index is 1150. The van der Waals surface area contributed by atoms with E-state index in [4.69, 9.17) is 9.26 Å². The van der Waals surface area contributed by atoms with E-state index in [9.17, 15) is 4.79 Å². The summed E-state index contributed by atoms with van der Waals surface area (Å²) in [7, 11) is 0. The summed E-state index contributed by atoms with van der Waals surface area (Å²) < 4.78 is 12.8. The summed E-state index contributed by atoms with van der Waals surface area (Å²) in [5.41, 5.74) is 3.77. The Balaban J connectivity index is 1.43. The molecule has 1 amide bonds. The zero-order chi connectivity index (χ0) is 20.9. The second kappa shape index (κ2) is 8.65. The predicted octanol–water partition coefficient (Wildman–Crippen LogP) is 4.37. The lowest BCUT2D eigenvalue weighted by Gasteiger charge is -2.07. The van der Waals surface area contributed by atoms with Gasteiger partial charge >= 0.3 is 0 Å². The number of benzene rings is 2. The fraction of sp³-hybridized carbons (Fsp3) is 0.174. The topological polar surface area (TPSA) is 82.2 Å². The van der Waals surface area contributed by atoms with E-state index in [1.807, 2.05) is 42.5 Å². The van der Waals surface area contributed by atoms with Crippen molar-refractivity contribution in [2.75, 3.05) is 5.32 Å². The molecule has 0 spiro atoms. The minimum absolute atomic E-state index is 0.189. The van der Waals surface area contributed by atoms with E-state index in [2.05, 4.69) is 34.6 Å². The molecule has 30 heavy (non-hydrogen) atoms. The van der Waals surface area contributed by atoms with E-state index in [0.29, 0.717) is 29.3 Å². The van der Waals surface area contributed by atoms with Crippen LogP contribution in [0.25, 0.3) is 0 Å². The van der Waals surface area contributed by atoms with Gasteiger partial charge in [0.05, 0.1) is 24.0 Å². The summed E-state index contributed by atoms with van der Waals surface area (Å²) in [5, 5.41) is 11.1. The third kappa shape index (κ3) is 4.41. The fourth-order valence-electron chi connectivity index (χ4n) is 3.08. The Morgan fingerprint density at radius 3 is 2.67 bits per heavy atom. The van der Waals surface area contributed by atoms with Gasteiger partial charge in [-0.25, -0.2) is 0 Å². The molecule has 7 nitrogen and oxygen atoms in total. The molecule has 0 fully saturated rings. The molecule has 0 aliphatic carbocycles. The predicted molar refractivity (Wildman–Crippen MR) is 112 cm³/mol. The monoisotopic (exact) mass is 402 g/mol. The van der Waals surface area contributed by atoms with Crippen molar-refractivity contribution in [3.8, 4) is 5.75 Å². The second-order valence-electron chi connectivity index (χ2n) is 6.97. The Morgan fingerprint density at radius 1 is 1.10 bits per heavy atom. The summed E-state index contributed by atoms with van der Waals surface area (Å²) >= 11 is 0. The first kappa shape index (κ1) is 19.4. The lowest BCUT2D eigenvalue weighted by Crippen LogP contribution is -2.15. The van der Waals surface area contributed by atoms with E-state index in [1.54, 1.807) is 24.0 Å². The highest BCUT2D eigenvalue weighted by atomic mass is 16.5. The number of carbonyl (C=O) groups is 1. The van der Waals surface area contributed by atoms with Crippen LogP contribution in [0.2, 0.25) is 0 Å². The van der Waals surface area contributed by atoms with Gasteiger partial charge in [0.25, 0.3) is 5.91 Å². The van der Waals surface area contributed by atoms with Gasteiger partial charge in [-0.05, 0) is 37.1 Å². The van der Waals surface area contributed by atoms with Crippen molar-refractivity contribution in [1.29, 1.82) is 0 Å². The van der Waals surface area contributed by atoms with Crippen molar-refractivity contribution < 1.29 is 14.1 Å². The number of hydrogen-bond donors (Lipinski definition) is 1. The lowest BCUT2D eigenvalue weighted by atomic mass is 10.1. The molecule has 2 aromatic carbocycles. The molecule has 4 aromatic rings. The molecule has 152 valence electrons. The standard InChI is InChI=1S/C23H22N4O3/c1-16-8-6-7-9-18(16)13-27-14-19(12-24-27)25-23(28)22-21(17(2)30-26-22)15-29-20-10-4-3-5-11-20/h3-12,14H,13,15H2,1-2H3,(H,25,28). The fourth-order valence-corrected chi connectivity index (χ4v) is 3.08. The third-order valence-electron chi connectivity index (χ3n) is 4.81. The maximum Gasteiger partial charge on any atom is 0.278 e. The zero-order valence-electron chi connectivity index (χ0n) is 16.8. The summed E-state index contributed by atoms with van der Waals surface area (Å²) in [5.74, 6) is 0.891. The summed E-state index contributed by atoms with van der Waals surface area (Å²) in [6, 6.07) is 17.5. The molecule has 0 radical (unpaired) electrons. The molecule has 0 bridgehead atoms. The number of hydrogen-bond acceptors (Lipinski definition) is 5. The number of nitrogens with one attached hydrogen (secondary N) is 1. The van der Waals surface area contributed by atoms with Crippen LogP contribution < -0.4 is 10.1 Å². The largest absolute Gasteiger partial charge is 0.489 e. The van der Waals surface area contributed by atoms with Crippen molar-refractivity contribution >= 4 is 11.6 Å². The Labute approximate surface area is 174 Å². The van der Waals surface area contributed by atoms with Gasteiger partial charge < -0.3 is 14.6 Å². The maximum atomic E-state index is 12.8. The molecule has 2 heterocycles. The van der Waals surface area contributed by atoms with Crippen molar-refractivity contribution in [1.82, 2.24) is 14.9 Å². The quantitative estimate of drug-likeness (QED) is 0.496. The van der Waals surface area contributed by atoms with Crippen LogP contribution in [-0.4, -0.2) is 20.8 Å². The van der Waals surface area contributed by atoms with Crippen LogP contribution in [0.15, 0.2) is 71.5 Å². The summed E-state index contributed by atoms with van der Waals surface area (Å²) in [6.45, 7) is 4.64. The van der Waals surface area contributed by atoms with Gasteiger partial charge in [0.2, 0.25) is 0 Å². The highest BCUT2D eigenvalue weighted by molar-refractivity contribution is 6.03. The number of anilines is 1. The molecular formula is C23H22N4O3. The van der Waals surface area contributed by atoms with Gasteiger partial charge in [0.15, 0.2) is 5.69 Å². The SMILES string of the molecule is Cc1ccccc1Cn1cc(NC(=O)c2noc(C)c2COc2ccccc2)cn1. The molecule has 2 aromatic heterocycles. The minimum atomic E-state index is -0.367. The first-order valence-electron chi connectivity index (χ1n) is 9.61. The van der Waals surface area contributed by atoms with E-state index >= 15 is 0 Å². The third-order valence-corrected chi connectivity index (χ3v) is 4.81. The van der Waals surface area contributed by atoms with Crippen LogP contribution in [0.1, 0.15) is 32.9 Å².